The van der Waals surface area contributed by atoms with Crippen LogP contribution in [0.5, 0.6) is 0 Å². The summed E-state index contributed by atoms with van der Waals surface area (Å²) >= 11 is 0. The molecule has 1 aromatic heterocycles. The van der Waals surface area contributed by atoms with Crippen molar-refractivity contribution in [1.82, 2.24) is 9.78 Å². The lowest BCUT2D eigenvalue weighted by Crippen LogP contribution is -2.17. The van der Waals surface area contributed by atoms with Crippen LogP contribution in [0, 0.1) is 27.7 Å². The summed E-state index contributed by atoms with van der Waals surface area (Å²) in [5.74, 6) is 1.29. The number of amides is 1. The Labute approximate surface area is 167 Å². The third-order valence-electron chi connectivity index (χ3n) is 5.47. The summed E-state index contributed by atoms with van der Waals surface area (Å²) in [6.07, 6.45) is 0. The van der Waals surface area contributed by atoms with Gasteiger partial charge in [-0.1, -0.05) is 18.2 Å². The van der Waals surface area contributed by atoms with Crippen molar-refractivity contribution in [3.8, 4) is 5.69 Å². The minimum absolute atomic E-state index is 0.185. The van der Waals surface area contributed by atoms with Crippen LogP contribution < -0.4 is 5.32 Å². The number of nitrogens with zero attached hydrogens (tertiary/aromatic N) is 2. The molecule has 0 radical (unpaired) electrons. The molecule has 0 saturated carbocycles. The molecule has 0 bridgehead atoms. The molecule has 0 saturated heterocycles. The van der Waals surface area contributed by atoms with E-state index in [-0.39, 0.29) is 5.91 Å². The average Bonchev–Trinajstić information content (AvgIpc) is 3.17. The summed E-state index contributed by atoms with van der Waals surface area (Å²) in [7, 11) is -0.966. The number of benzene rings is 2. The minimum atomic E-state index is -0.966. The SMILES string of the molecule is Cc1ccc(C(=O)Nc2c3c(nn2-c2cccc(C)c2C)C[S@@](=O)C3)cc1C. The van der Waals surface area contributed by atoms with Crippen LogP contribution in [0.2, 0.25) is 0 Å². The second-order valence-corrected chi connectivity index (χ2v) is 8.84. The van der Waals surface area contributed by atoms with Crippen LogP contribution in [0.3, 0.4) is 0 Å². The van der Waals surface area contributed by atoms with E-state index in [4.69, 9.17) is 5.10 Å². The molecule has 0 aliphatic carbocycles. The normalized spacial score (nSPS) is 15.5. The van der Waals surface area contributed by atoms with Gasteiger partial charge in [0.05, 0.1) is 22.9 Å². The number of hydrogen-bond acceptors (Lipinski definition) is 3. The van der Waals surface area contributed by atoms with Gasteiger partial charge in [-0.3, -0.25) is 9.00 Å². The molecule has 0 spiro atoms. The first-order valence-corrected chi connectivity index (χ1v) is 10.7. The van der Waals surface area contributed by atoms with Gasteiger partial charge in [0.25, 0.3) is 5.91 Å². The molecule has 1 aliphatic rings. The van der Waals surface area contributed by atoms with Gasteiger partial charge in [0.1, 0.15) is 5.82 Å². The van der Waals surface area contributed by atoms with Gasteiger partial charge >= 0.3 is 0 Å². The van der Waals surface area contributed by atoms with E-state index >= 15 is 0 Å². The van der Waals surface area contributed by atoms with Crippen molar-refractivity contribution in [1.29, 1.82) is 0 Å². The predicted octanol–water partition coefficient (Wildman–Crippen LogP) is 4.12. The van der Waals surface area contributed by atoms with Crippen molar-refractivity contribution in [3.05, 3.63) is 75.5 Å². The molecule has 0 fully saturated rings. The van der Waals surface area contributed by atoms with E-state index in [1.807, 2.05) is 51.1 Å². The number of anilines is 1. The van der Waals surface area contributed by atoms with Gasteiger partial charge in [0.15, 0.2) is 0 Å². The monoisotopic (exact) mass is 393 g/mol. The van der Waals surface area contributed by atoms with Crippen molar-refractivity contribution in [2.45, 2.75) is 39.2 Å². The van der Waals surface area contributed by atoms with Gasteiger partial charge in [-0.15, -0.1) is 0 Å². The maximum Gasteiger partial charge on any atom is 0.256 e. The first-order chi connectivity index (χ1) is 13.3. The molecule has 6 heteroatoms. The van der Waals surface area contributed by atoms with Crippen molar-refractivity contribution in [3.63, 3.8) is 0 Å². The van der Waals surface area contributed by atoms with Crippen LogP contribution in [0.1, 0.15) is 43.9 Å². The Balaban J connectivity index is 1.79. The van der Waals surface area contributed by atoms with E-state index in [9.17, 15) is 9.00 Å². The highest BCUT2D eigenvalue weighted by atomic mass is 32.2. The summed E-state index contributed by atoms with van der Waals surface area (Å²) in [6, 6.07) is 11.7. The average molecular weight is 394 g/mol. The predicted molar refractivity (Wildman–Crippen MR) is 112 cm³/mol. The lowest BCUT2D eigenvalue weighted by atomic mass is 10.1. The van der Waals surface area contributed by atoms with Crippen molar-refractivity contribution < 1.29 is 9.00 Å². The van der Waals surface area contributed by atoms with E-state index in [1.165, 1.54) is 0 Å². The van der Waals surface area contributed by atoms with Gasteiger partial charge < -0.3 is 5.32 Å². The lowest BCUT2D eigenvalue weighted by molar-refractivity contribution is 0.102. The molecule has 144 valence electrons. The molecule has 1 atom stereocenters. The molecule has 3 aromatic rings. The standard InChI is InChI=1S/C22H23N3O2S/c1-13-8-9-17(10-15(13)3)22(26)23-21-18-11-28(27)12-19(18)24-25(21)20-7-5-6-14(2)16(20)4/h5-10H,11-12H2,1-4H3,(H,23,26)/t28-/m0/s1. The van der Waals surface area contributed by atoms with Gasteiger partial charge in [0.2, 0.25) is 0 Å². The van der Waals surface area contributed by atoms with Crippen LogP contribution in [0.4, 0.5) is 5.82 Å². The smallest absolute Gasteiger partial charge is 0.256 e. The molecule has 5 nitrogen and oxygen atoms in total. The van der Waals surface area contributed by atoms with E-state index < -0.39 is 10.8 Å². The molecular formula is C22H23N3O2S. The minimum Gasteiger partial charge on any atom is -0.306 e. The van der Waals surface area contributed by atoms with E-state index in [2.05, 4.69) is 18.3 Å². The van der Waals surface area contributed by atoms with Crippen molar-refractivity contribution in [2.24, 2.45) is 0 Å². The maximum absolute atomic E-state index is 13.0. The Kier molecular flexibility index (Phi) is 4.67. The van der Waals surface area contributed by atoms with Gasteiger partial charge in [-0.2, -0.15) is 5.10 Å². The van der Waals surface area contributed by atoms with E-state index in [1.54, 1.807) is 4.68 Å². The topological polar surface area (TPSA) is 64.0 Å². The largest absolute Gasteiger partial charge is 0.306 e. The first-order valence-electron chi connectivity index (χ1n) is 9.26. The van der Waals surface area contributed by atoms with Gasteiger partial charge in [0, 0.05) is 21.9 Å². The van der Waals surface area contributed by atoms with E-state index in [0.717, 1.165) is 39.2 Å². The summed E-state index contributed by atoms with van der Waals surface area (Å²) in [4.78, 5) is 13.0. The number of aryl methyl sites for hydroxylation is 3. The molecule has 1 aliphatic heterocycles. The van der Waals surface area contributed by atoms with Crippen LogP contribution in [0.25, 0.3) is 5.69 Å². The zero-order valence-corrected chi connectivity index (χ0v) is 17.3. The molecular weight excluding hydrogens is 370 g/mol. The molecule has 1 amide bonds. The molecule has 28 heavy (non-hydrogen) atoms. The molecule has 2 heterocycles. The summed E-state index contributed by atoms with van der Waals surface area (Å²) < 4.78 is 13.9. The molecule has 4 rings (SSSR count). The lowest BCUT2D eigenvalue weighted by Gasteiger charge is -2.14. The highest BCUT2D eigenvalue weighted by Gasteiger charge is 2.29. The summed E-state index contributed by atoms with van der Waals surface area (Å²) in [5, 5.41) is 7.75. The number of carbonyl (C=O) groups excluding carboxylic acids is 1. The fraction of sp³-hybridized carbons (Fsp3) is 0.273. The number of fused-ring (bicyclic) bond motifs is 1. The Morgan fingerprint density at radius 2 is 1.82 bits per heavy atom. The second kappa shape index (κ2) is 7.02. The Hall–Kier alpha value is -2.73. The molecule has 0 unspecified atom stereocenters. The Morgan fingerprint density at radius 1 is 1.04 bits per heavy atom. The van der Waals surface area contributed by atoms with Crippen LogP contribution >= 0.6 is 0 Å². The Morgan fingerprint density at radius 3 is 2.57 bits per heavy atom. The van der Waals surface area contributed by atoms with E-state index in [0.29, 0.717) is 22.9 Å². The quantitative estimate of drug-likeness (QED) is 0.728. The molecule has 1 N–H and O–H groups in total. The third kappa shape index (κ3) is 3.18. The van der Waals surface area contributed by atoms with Crippen LogP contribution in [0.15, 0.2) is 36.4 Å². The third-order valence-corrected chi connectivity index (χ3v) is 6.68. The highest BCUT2D eigenvalue weighted by molar-refractivity contribution is 7.83. The summed E-state index contributed by atoms with van der Waals surface area (Å²) in [5.41, 5.74) is 7.68. The number of aromatic nitrogens is 2. The number of nitrogens with one attached hydrogen (secondary N) is 1. The highest BCUT2D eigenvalue weighted by Crippen LogP contribution is 2.33. The molecule has 2 aromatic carbocycles. The van der Waals surface area contributed by atoms with Gasteiger partial charge in [-0.25, -0.2) is 4.68 Å². The zero-order chi connectivity index (χ0) is 20.0. The van der Waals surface area contributed by atoms with Gasteiger partial charge in [-0.05, 0) is 68.1 Å². The number of rotatable bonds is 3. The fourth-order valence-corrected chi connectivity index (χ4v) is 4.72. The fourth-order valence-electron chi connectivity index (χ4n) is 3.46. The summed E-state index contributed by atoms with van der Waals surface area (Å²) in [6.45, 7) is 8.12. The van der Waals surface area contributed by atoms with Crippen LogP contribution in [-0.2, 0) is 22.3 Å². The first kappa shape index (κ1) is 18.6. The Bertz CT molecular complexity index is 1130. The maximum atomic E-state index is 13.0. The second-order valence-electron chi connectivity index (χ2n) is 7.39. The zero-order valence-electron chi connectivity index (χ0n) is 16.5. The number of hydrogen-bond donors (Lipinski definition) is 1. The van der Waals surface area contributed by atoms with Crippen molar-refractivity contribution in [2.75, 3.05) is 5.32 Å². The van der Waals surface area contributed by atoms with Crippen LogP contribution in [-0.4, -0.2) is 19.9 Å². The van der Waals surface area contributed by atoms with Crippen molar-refractivity contribution >= 4 is 22.5 Å². The number of carbonyl (C=O) groups is 1.